The Labute approximate surface area is 177 Å². The fourth-order valence-electron chi connectivity index (χ4n) is 3.37. The zero-order valence-corrected chi connectivity index (χ0v) is 17.5. The summed E-state index contributed by atoms with van der Waals surface area (Å²) < 4.78 is 7.61. The molecular formula is C25H25N3O2. The molecule has 0 aliphatic heterocycles. The van der Waals surface area contributed by atoms with Gasteiger partial charge in [-0.1, -0.05) is 30.3 Å². The molecule has 0 bridgehead atoms. The second-order valence-corrected chi connectivity index (χ2v) is 6.93. The highest BCUT2D eigenvalue weighted by Gasteiger charge is 2.14. The molecule has 0 fully saturated rings. The van der Waals surface area contributed by atoms with Crippen molar-refractivity contribution in [2.24, 2.45) is 0 Å². The third-order valence-corrected chi connectivity index (χ3v) is 4.84. The summed E-state index contributed by atoms with van der Waals surface area (Å²) in [4.78, 5) is 12.5. The van der Waals surface area contributed by atoms with Crippen LogP contribution in [0.3, 0.4) is 0 Å². The van der Waals surface area contributed by atoms with Crippen LogP contribution in [0.2, 0.25) is 0 Å². The van der Waals surface area contributed by atoms with Gasteiger partial charge in [-0.2, -0.15) is 5.26 Å². The fraction of sp³-hybridized carbons (Fsp3) is 0.200. The number of nitriles is 1. The van der Waals surface area contributed by atoms with Crippen molar-refractivity contribution in [1.29, 1.82) is 5.26 Å². The number of aromatic nitrogens is 1. The van der Waals surface area contributed by atoms with Crippen molar-refractivity contribution in [3.8, 4) is 17.5 Å². The van der Waals surface area contributed by atoms with Crippen molar-refractivity contribution in [1.82, 2.24) is 9.88 Å². The van der Waals surface area contributed by atoms with E-state index in [-0.39, 0.29) is 11.5 Å². The highest BCUT2D eigenvalue weighted by molar-refractivity contribution is 6.01. The van der Waals surface area contributed by atoms with E-state index in [0.29, 0.717) is 13.2 Å². The number of aryl methyl sites for hydroxylation is 1. The Balaban J connectivity index is 1.82. The monoisotopic (exact) mass is 399 g/mol. The second-order valence-electron chi connectivity index (χ2n) is 6.93. The van der Waals surface area contributed by atoms with E-state index in [9.17, 15) is 10.1 Å². The van der Waals surface area contributed by atoms with Crippen LogP contribution in [0.1, 0.15) is 29.4 Å². The molecule has 5 nitrogen and oxygen atoms in total. The summed E-state index contributed by atoms with van der Waals surface area (Å²) in [5.41, 5.74) is 4.88. The Morgan fingerprint density at radius 3 is 2.47 bits per heavy atom. The van der Waals surface area contributed by atoms with Crippen molar-refractivity contribution in [3.63, 3.8) is 0 Å². The number of ether oxygens (including phenoxy) is 1. The average molecular weight is 399 g/mol. The molecule has 3 rings (SSSR count). The average Bonchev–Trinajstić information content (AvgIpc) is 3.04. The first-order chi connectivity index (χ1) is 14.5. The van der Waals surface area contributed by atoms with Gasteiger partial charge < -0.3 is 14.6 Å². The molecule has 1 amide bonds. The van der Waals surface area contributed by atoms with Gasteiger partial charge in [0, 0.05) is 23.6 Å². The zero-order chi connectivity index (χ0) is 21.5. The predicted molar refractivity (Wildman–Crippen MR) is 118 cm³/mol. The summed E-state index contributed by atoms with van der Waals surface area (Å²) in [5.74, 6) is 0.443. The van der Waals surface area contributed by atoms with Gasteiger partial charge in [0.1, 0.15) is 17.4 Å². The first-order valence-corrected chi connectivity index (χ1v) is 9.89. The molecule has 0 radical (unpaired) electrons. The maximum Gasteiger partial charge on any atom is 0.262 e. The minimum Gasteiger partial charge on any atom is -0.494 e. The van der Waals surface area contributed by atoms with Crippen LogP contribution in [0.25, 0.3) is 11.8 Å². The highest BCUT2D eigenvalue weighted by atomic mass is 16.5. The van der Waals surface area contributed by atoms with Crippen LogP contribution in [0.4, 0.5) is 0 Å². The fourth-order valence-corrected chi connectivity index (χ4v) is 3.37. The summed E-state index contributed by atoms with van der Waals surface area (Å²) in [5, 5.41) is 12.3. The molecule has 30 heavy (non-hydrogen) atoms. The number of rotatable bonds is 7. The molecule has 1 aromatic heterocycles. The third kappa shape index (κ3) is 4.79. The van der Waals surface area contributed by atoms with Gasteiger partial charge in [0.05, 0.1) is 6.61 Å². The van der Waals surface area contributed by atoms with Crippen LogP contribution >= 0.6 is 0 Å². The van der Waals surface area contributed by atoms with Crippen LogP contribution in [-0.2, 0) is 11.3 Å². The minimum atomic E-state index is -0.382. The van der Waals surface area contributed by atoms with Gasteiger partial charge in [-0.05, 0) is 68.3 Å². The zero-order valence-electron chi connectivity index (χ0n) is 17.5. The number of nitrogens with zero attached hydrogens (tertiary/aromatic N) is 2. The quantitative estimate of drug-likeness (QED) is 0.462. The van der Waals surface area contributed by atoms with E-state index >= 15 is 0 Å². The molecule has 2 aromatic carbocycles. The summed E-state index contributed by atoms with van der Waals surface area (Å²) >= 11 is 0. The molecule has 3 aromatic rings. The lowest BCUT2D eigenvalue weighted by atomic mass is 10.1. The molecule has 0 aliphatic rings. The molecule has 1 heterocycles. The lowest BCUT2D eigenvalue weighted by molar-refractivity contribution is -0.117. The Kier molecular flexibility index (Phi) is 6.71. The van der Waals surface area contributed by atoms with Crippen LogP contribution < -0.4 is 10.1 Å². The molecule has 5 heteroatoms. The van der Waals surface area contributed by atoms with Crippen molar-refractivity contribution >= 4 is 12.0 Å². The Hall–Kier alpha value is -3.78. The summed E-state index contributed by atoms with van der Waals surface area (Å²) in [7, 11) is 0. The third-order valence-electron chi connectivity index (χ3n) is 4.84. The van der Waals surface area contributed by atoms with Gasteiger partial charge in [-0.25, -0.2) is 0 Å². The molecule has 0 spiro atoms. The topological polar surface area (TPSA) is 67.0 Å². The van der Waals surface area contributed by atoms with Crippen LogP contribution in [0.15, 0.2) is 66.2 Å². The van der Waals surface area contributed by atoms with E-state index in [1.54, 1.807) is 6.08 Å². The van der Waals surface area contributed by atoms with Crippen LogP contribution in [-0.4, -0.2) is 17.1 Å². The molecule has 0 atom stereocenters. The summed E-state index contributed by atoms with van der Waals surface area (Å²) in [6.45, 7) is 6.94. The lowest BCUT2D eigenvalue weighted by Gasteiger charge is -2.11. The van der Waals surface area contributed by atoms with Gasteiger partial charge in [0.25, 0.3) is 5.91 Å². The first kappa shape index (κ1) is 20.9. The Morgan fingerprint density at radius 1 is 1.13 bits per heavy atom. The summed E-state index contributed by atoms with van der Waals surface area (Å²) in [6, 6.07) is 21.5. The molecule has 152 valence electrons. The first-order valence-electron chi connectivity index (χ1n) is 9.89. The van der Waals surface area contributed by atoms with Crippen molar-refractivity contribution < 1.29 is 9.53 Å². The van der Waals surface area contributed by atoms with E-state index in [2.05, 4.69) is 9.88 Å². The molecular weight excluding hydrogens is 374 g/mol. The molecule has 1 N–H and O–H groups in total. The van der Waals surface area contributed by atoms with Gasteiger partial charge in [-0.15, -0.1) is 0 Å². The number of hydrogen-bond acceptors (Lipinski definition) is 3. The molecule has 0 saturated heterocycles. The number of hydrogen-bond donors (Lipinski definition) is 1. The van der Waals surface area contributed by atoms with Crippen molar-refractivity contribution in [2.45, 2.75) is 27.3 Å². The molecule has 0 saturated carbocycles. The van der Waals surface area contributed by atoms with Crippen LogP contribution in [0.5, 0.6) is 5.75 Å². The predicted octanol–water partition coefficient (Wildman–Crippen LogP) is 4.72. The van der Waals surface area contributed by atoms with Gasteiger partial charge >= 0.3 is 0 Å². The second kappa shape index (κ2) is 9.62. The molecule has 0 aliphatic carbocycles. The van der Waals surface area contributed by atoms with Crippen molar-refractivity contribution in [2.75, 3.05) is 6.61 Å². The van der Waals surface area contributed by atoms with E-state index in [0.717, 1.165) is 34.0 Å². The van der Waals surface area contributed by atoms with Crippen molar-refractivity contribution in [3.05, 3.63) is 88.8 Å². The van der Waals surface area contributed by atoms with Gasteiger partial charge in [0.15, 0.2) is 0 Å². The smallest absolute Gasteiger partial charge is 0.262 e. The van der Waals surface area contributed by atoms with Crippen LogP contribution in [0, 0.1) is 25.2 Å². The van der Waals surface area contributed by atoms with E-state index < -0.39 is 0 Å². The summed E-state index contributed by atoms with van der Waals surface area (Å²) in [6.07, 6.45) is 1.65. The van der Waals surface area contributed by atoms with Gasteiger partial charge in [-0.3, -0.25) is 4.79 Å². The van der Waals surface area contributed by atoms with E-state index in [4.69, 9.17) is 4.74 Å². The maximum absolute atomic E-state index is 12.5. The normalized spacial score (nSPS) is 11.1. The number of benzene rings is 2. The number of amides is 1. The molecule has 0 unspecified atom stereocenters. The maximum atomic E-state index is 12.5. The van der Waals surface area contributed by atoms with E-state index in [1.807, 2.05) is 87.5 Å². The SMILES string of the molecule is CCOc1ccc(-n2c(C)cc(/C=C(/C#N)C(=O)NCc3ccccc3)c2C)cc1. The lowest BCUT2D eigenvalue weighted by Crippen LogP contribution is -2.23. The number of carbonyl (C=O) groups excluding carboxylic acids is 1. The highest BCUT2D eigenvalue weighted by Crippen LogP contribution is 2.24. The number of carbonyl (C=O) groups is 1. The van der Waals surface area contributed by atoms with E-state index in [1.165, 1.54) is 0 Å². The van der Waals surface area contributed by atoms with Gasteiger partial charge in [0.2, 0.25) is 0 Å². The minimum absolute atomic E-state index is 0.0814. The Morgan fingerprint density at radius 2 is 1.83 bits per heavy atom. The number of nitrogens with one attached hydrogen (secondary N) is 1. The standard InChI is InChI=1S/C25H25N3O2/c1-4-30-24-12-10-23(11-13-24)28-18(2)14-21(19(28)3)15-22(16-26)25(29)27-17-20-8-6-5-7-9-20/h5-15H,4,17H2,1-3H3,(H,27,29)/b22-15-. The largest absolute Gasteiger partial charge is 0.494 e. The Bertz CT molecular complexity index is 1090.